The van der Waals surface area contributed by atoms with E-state index in [1.807, 2.05) is 0 Å². The van der Waals surface area contributed by atoms with Crippen LogP contribution in [0.3, 0.4) is 0 Å². The first kappa shape index (κ1) is 6.61. The monoisotopic (exact) mass is 135 g/mol. The Labute approximate surface area is 57.7 Å². The van der Waals surface area contributed by atoms with E-state index in [2.05, 4.69) is 4.98 Å². The van der Waals surface area contributed by atoms with Gasteiger partial charge in [0.2, 0.25) is 5.78 Å². The van der Waals surface area contributed by atoms with E-state index in [1.165, 1.54) is 12.3 Å². The second kappa shape index (κ2) is 2.87. The minimum Gasteiger partial charge on any atom is -0.294 e. The van der Waals surface area contributed by atoms with Crippen molar-refractivity contribution in [2.45, 2.75) is 0 Å². The lowest BCUT2D eigenvalue weighted by atomic mass is 10.3. The normalized spacial score (nSPS) is 8.80. The predicted molar refractivity (Wildman–Crippen MR) is 34.6 cm³/mol. The molecule has 0 atom stereocenters. The van der Waals surface area contributed by atoms with Crippen molar-refractivity contribution in [2.24, 2.45) is 0 Å². The van der Waals surface area contributed by atoms with Crippen LogP contribution < -0.4 is 0 Å². The van der Waals surface area contributed by atoms with E-state index in [9.17, 15) is 9.59 Å². The van der Waals surface area contributed by atoms with Crippen molar-refractivity contribution in [3.05, 3.63) is 30.1 Å². The highest BCUT2D eigenvalue weighted by Gasteiger charge is 2.01. The van der Waals surface area contributed by atoms with Crippen molar-refractivity contribution >= 4 is 12.1 Å². The van der Waals surface area contributed by atoms with Gasteiger partial charge in [0.1, 0.15) is 5.69 Å². The summed E-state index contributed by atoms with van der Waals surface area (Å²) in [6.07, 6.45) is 1.72. The molecule has 0 aliphatic heterocycles. The minimum absolute atomic E-state index is 0.192. The Morgan fingerprint density at radius 1 is 1.50 bits per heavy atom. The summed E-state index contributed by atoms with van der Waals surface area (Å²) in [4.78, 5) is 24.2. The molecule has 50 valence electrons. The van der Waals surface area contributed by atoms with Crippen molar-refractivity contribution in [3.63, 3.8) is 0 Å². The minimum atomic E-state index is -0.583. The summed E-state index contributed by atoms with van der Waals surface area (Å²) in [5.74, 6) is -0.583. The molecular weight excluding hydrogens is 130 g/mol. The number of hydrogen-bond donors (Lipinski definition) is 0. The van der Waals surface area contributed by atoms with Crippen molar-refractivity contribution in [2.75, 3.05) is 0 Å². The molecule has 0 radical (unpaired) electrons. The van der Waals surface area contributed by atoms with Crippen molar-refractivity contribution in [1.29, 1.82) is 0 Å². The van der Waals surface area contributed by atoms with Gasteiger partial charge >= 0.3 is 0 Å². The van der Waals surface area contributed by atoms with E-state index in [4.69, 9.17) is 0 Å². The van der Waals surface area contributed by atoms with Crippen LogP contribution in [0.15, 0.2) is 24.4 Å². The lowest BCUT2D eigenvalue weighted by Gasteiger charge is -1.87. The number of ketones is 1. The molecule has 3 nitrogen and oxygen atoms in total. The number of carbonyl (C=O) groups is 2. The van der Waals surface area contributed by atoms with Gasteiger partial charge in [0.25, 0.3) is 0 Å². The standard InChI is InChI=1S/C7H5NO2/c9-5-7(10)6-3-1-2-4-8-6/h1-5H. The Bertz CT molecular complexity index is 243. The average Bonchev–Trinajstić information content (AvgIpc) is 2.05. The highest BCUT2D eigenvalue weighted by molar-refractivity contribution is 6.32. The maximum absolute atomic E-state index is 10.6. The molecule has 0 saturated carbocycles. The summed E-state index contributed by atoms with van der Waals surface area (Å²) < 4.78 is 0. The molecule has 0 fully saturated rings. The van der Waals surface area contributed by atoms with Crippen LogP contribution in [0.25, 0.3) is 0 Å². The molecule has 1 aromatic rings. The Kier molecular flexibility index (Phi) is 1.89. The average molecular weight is 135 g/mol. The molecule has 1 heterocycles. The van der Waals surface area contributed by atoms with E-state index < -0.39 is 5.78 Å². The second-order valence-corrected chi connectivity index (χ2v) is 1.70. The number of pyridine rings is 1. The van der Waals surface area contributed by atoms with E-state index in [-0.39, 0.29) is 12.0 Å². The van der Waals surface area contributed by atoms with Gasteiger partial charge in [0.05, 0.1) is 0 Å². The van der Waals surface area contributed by atoms with E-state index in [1.54, 1.807) is 12.1 Å². The predicted octanol–water partition coefficient (Wildman–Crippen LogP) is 0.463. The highest BCUT2D eigenvalue weighted by atomic mass is 16.2. The van der Waals surface area contributed by atoms with Gasteiger partial charge in [-0.15, -0.1) is 0 Å². The molecular formula is C7H5NO2. The van der Waals surface area contributed by atoms with Gasteiger partial charge in [-0.2, -0.15) is 0 Å². The molecule has 1 aromatic heterocycles. The summed E-state index contributed by atoms with van der Waals surface area (Å²) >= 11 is 0. The van der Waals surface area contributed by atoms with Crippen molar-refractivity contribution in [3.8, 4) is 0 Å². The molecule has 0 unspecified atom stereocenters. The summed E-state index contributed by atoms with van der Waals surface area (Å²) in [5.41, 5.74) is 0.192. The van der Waals surface area contributed by atoms with Crippen LogP contribution in [0.5, 0.6) is 0 Å². The van der Waals surface area contributed by atoms with Gasteiger partial charge in [-0.1, -0.05) is 6.07 Å². The van der Waals surface area contributed by atoms with E-state index in [0.717, 1.165) is 0 Å². The number of aromatic nitrogens is 1. The summed E-state index contributed by atoms with van der Waals surface area (Å²) in [5, 5.41) is 0. The zero-order valence-corrected chi connectivity index (χ0v) is 5.15. The smallest absolute Gasteiger partial charge is 0.243 e. The van der Waals surface area contributed by atoms with Crippen LogP contribution in [-0.4, -0.2) is 17.1 Å². The third-order valence-electron chi connectivity index (χ3n) is 1.02. The molecule has 0 saturated heterocycles. The Morgan fingerprint density at radius 3 is 2.80 bits per heavy atom. The summed E-state index contributed by atoms with van der Waals surface area (Å²) in [7, 11) is 0. The van der Waals surface area contributed by atoms with Crippen molar-refractivity contribution < 1.29 is 9.59 Å². The molecule has 3 heteroatoms. The fraction of sp³-hybridized carbons (Fsp3) is 0. The number of hydrogen-bond acceptors (Lipinski definition) is 3. The Hall–Kier alpha value is -1.51. The fourth-order valence-electron chi connectivity index (χ4n) is 0.569. The summed E-state index contributed by atoms with van der Waals surface area (Å²) in [6.45, 7) is 0. The zero-order chi connectivity index (χ0) is 7.40. The SMILES string of the molecule is O=CC(=O)c1ccccn1. The van der Waals surface area contributed by atoms with Gasteiger partial charge in [-0.3, -0.25) is 14.6 Å². The first-order valence-corrected chi connectivity index (χ1v) is 2.75. The number of aldehydes is 1. The molecule has 10 heavy (non-hydrogen) atoms. The van der Waals surface area contributed by atoms with Gasteiger partial charge in [0.15, 0.2) is 6.29 Å². The van der Waals surface area contributed by atoms with Crippen molar-refractivity contribution in [1.82, 2.24) is 4.98 Å². The van der Waals surface area contributed by atoms with Crippen LogP contribution in [-0.2, 0) is 4.79 Å². The fourth-order valence-corrected chi connectivity index (χ4v) is 0.569. The lowest BCUT2D eigenvalue weighted by molar-refractivity contribution is -0.104. The maximum Gasteiger partial charge on any atom is 0.243 e. The van der Waals surface area contributed by atoms with Crippen LogP contribution in [0.4, 0.5) is 0 Å². The quantitative estimate of drug-likeness (QED) is 0.336. The maximum atomic E-state index is 10.6. The van der Waals surface area contributed by atoms with Gasteiger partial charge < -0.3 is 0 Å². The molecule has 0 N–H and O–H groups in total. The van der Waals surface area contributed by atoms with Gasteiger partial charge in [0, 0.05) is 6.20 Å². The van der Waals surface area contributed by atoms with Gasteiger partial charge in [-0.05, 0) is 12.1 Å². The molecule has 0 aliphatic rings. The third kappa shape index (κ3) is 1.25. The zero-order valence-electron chi connectivity index (χ0n) is 5.15. The number of nitrogens with zero attached hydrogens (tertiary/aromatic N) is 1. The highest BCUT2D eigenvalue weighted by Crippen LogP contribution is 1.91. The molecule has 0 bridgehead atoms. The number of carbonyl (C=O) groups excluding carboxylic acids is 2. The topological polar surface area (TPSA) is 47.0 Å². The molecule has 0 amide bonds. The van der Waals surface area contributed by atoms with Gasteiger partial charge in [-0.25, -0.2) is 0 Å². The molecule has 0 aliphatic carbocycles. The van der Waals surface area contributed by atoms with Crippen LogP contribution in [0, 0.1) is 0 Å². The third-order valence-corrected chi connectivity index (χ3v) is 1.02. The molecule has 1 rings (SSSR count). The second-order valence-electron chi connectivity index (χ2n) is 1.70. The van der Waals surface area contributed by atoms with Crippen LogP contribution >= 0.6 is 0 Å². The van der Waals surface area contributed by atoms with Crippen LogP contribution in [0.2, 0.25) is 0 Å². The Balaban J connectivity index is 2.95. The molecule has 0 spiro atoms. The molecule has 0 aromatic carbocycles. The lowest BCUT2D eigenvalue weighted by Crippen LogP contribution is -2.01. The first-order valence-electron chi connectivity index (χ1n) is 2.75. The van der Waals surface area contributed by atoms with E-state index in [0.29, 0.717) is 0 Å². The van der Waals surface area contributed by atoms with E-state index >= 15 is 0 Å². The number of rotatable bonds is 2. The first-order chi connectivity index (χ1) is 4.84. The largest absolute Gasteiger partial charge is 0.294 e. The number of Topliss-reactive ketones (excluding diaryl/α,β-unsaturated/α-hetero) is 1. The van der Waals surface area contributed by atoms with Crippen LogP contribution in [0.1, 0.15) is 10.5 Å². The Morgan fingerprint density at radius 2 is 2.30 bits per heavy atom. The summed E-state index contributed by atoms with van der Waals surface area (Å²) in [6, 6.07) is 4.84.